The van der Waals surface area contributed by atoms with Crippen molar-refractivity contribution in [1.82, 2.24) is 0 Å². The van der Waals surface area contributed by atoms with Crippen LogP contribution in [0.3, 0.4) is 0 Å². The fourth-order valence-electron chi connectivity index (χ4n) is 1.52. The van der Waals surface area contributed by atoms with Crippen LogP contribution in [0.2, 0.25) is 0 Å². The van der Waals surface area contributed by atoms with Gasteiger partial charge in [-0.2, -0.15) is 0 Å². The van der Waals surface area contributed by atoms with E-state index in [0.717, 1.165) is 16.2 Å². The maximum absolute atomic E-state index is 12.3. The Balaban J connectivity index is 2.33. The number of thioether (sulfide) groups is 1. The maximum atomic E-state index is 12.3. The molecule has 0 spiro atoms. The predicted octanol–water partition coefficient (Wildman–Crippen LogP) is 2.91. The molecule has 0 atom stereocenters. The van der Waals surface area contributed by atoms with E-state index in [2.05, 4.69) is 4.72 Å². The highest BCUT2D eigenvalue weighted by Crippen LogP contribution is 2.29. The topological polar surface area (TPSA) is 72.2 Å². The molecule has 1 aromatic heterocycles. The van der Waals surface area contributed by atoms with Crippen molar-refractivity contribution in [3.63, 3.8) is 0 Å². The fourth-order valence-corrected chi connectivity index (χ4v) is 4.57. The van der Waals surface area contributed by atoms with Crippen LogP contribution < -0.4 is 10.5 Å². The number of anilines is 1. The molecule has 0 saturated heterocycles. The van der Waals surface area contributed by atoms with Crippen molar-refractivity contribution in [2.45, 2.75) is 9.10 Å². The third-order valence-electron chi connectivity index (χ3n) is 2.44. The van der Waals surface area contributed by atoms with Crippen LogP contribution in [-0.4, -0.2) is 19.7 Å². The lowest BCUT2D eigenvalue weighted by molar-refractivity contribution is 0.603. The Hall–Kier alpha value is -1.09. The first-order valence-corrected chi connectivity index (χ1v) is 9.43. The van der Waals surface area contributed by atoms with Crippen molar-refractivity contribution in [1.29, 1.82) is 0 Å². The summed E-state index contributed by atoms with van der Waals surface area (Å²) in [6.07, 6.45) is 1.89. The molecule has 8 heteroatoms. The first-order valence-electron chi connectivity index (χ1n) is 5.49. The van der Waals surface area contributed by atoms with Gasteiger partial charge < -0.3 is 5.73 Å². The number of nitrogens with two attached hydrogens (primary N) is 1. The van der Waals surface area contributed by atoms with Gasteiger partial charge in [0, 0.05) is 4.90 Å². The molecular formula is C12H12N2O2S4. The Labute approximate surface area is 131 Å². The van der Waals surface area contributed by atoms with Crippen LogP contribution in [0, 0.1) is 0 Å². The second-order valence-corrected chi connectivity index (χ2v) is 8.07. The number of hydrogen-bond acceptors (Lipinski definition) is 5. The summed E-state index contributed by atoms with van der Waals surface area (Å²) in [5.74, 6) is 0. The van der Waals surface area contributed by atoms with E-state index < -0.39 is 10.0 Å². The van der Waals surface area contributed by atoms with Crippen LogP contribution in [0.25, 0.3) is 0 Å². The minimum atomic E-state index is -3.62. The number of para-hydroxylation sites is 1. The number of rotatable bonds is 5. The van der Waals surface area contributed by atoms with E-state index in [4.69, 9.17) is 18.0 Å². The Kier molecular flexibility index (Phi) is 4.69. The molecule has 2 aromatic rings. The molecule has 3 N–H and O–H groups in total. The molecule has 0 aliphatic carbocycles. The van der Waals surface area contributed by atoms with Crippen LogP contribution >= 0.6 is 35.3 Å². The lowest BCUT2D eigenvalue weighted by atomic mass is 10.3. The number of benzene rings is 1. The molecule has 0 bridgehead atoms. The van der Waals surface area contributed by atoms with Crippen LogP contribution in [0.5, 0.6) is 0 Å². The van der Waals surface area contributed by atoms with Crippen molar-refractivity contribution in [3.05, 3.63) is 41.3 Å². The van der Waals surface area contributed by atoms with E-state index in [9.17, 15) is 8.42 Å². The SMILES string of the molecule is CSc1ccccc1NS(=O)(=O)c1ccc(C(N)=S)s1. The van der Waals surface area contributed by atoms with E-state index in [1.54, 1.807) is 18.2 Å². The molecular weight excluding hydrogens is 332 g/mol. The molecule has 0 fully saturated rings. The van der Waals surface area contributed by atoms with Gasteiger partial charge in [0.05, 0.1) is 10.6 Å². The van der Waals surface area contributed by atoms with Gasteiger partial charge in [0.1, 0.15) is 9.20 Å². The zero-order valence-corrected chi connectivity index (χ0v) is 13.8. The predicted molar refractivity (Wildman–Crippen MR) is 89.2 cm³/mol. The van der Waals surface area contributed by atoms with Gasteiger partial charge >= 0.3 is 0 Å². The lowest BCUT2D eigenvalue weighted by Gasteiger charge is -2.09. The summed E-state index contributed by atoms with van der Waals surface area (Å²) in [7, 11) is -3.62. The second kappa shape index (κ2) is 6.13. The van der Waals surface area contributed by atoms with Gasteiger partial charge in [-0.15, -0.1) is 23.1 Å². The molecule has 0 aliphatic rings. The average Bonchev–Trinajstić information content (AvgIpc) is 2.89. The van der Waals surface area contributed by atoms with Gasteiger partial charge in [0.25, 0.3) is 10.0 Å². The Morgan fingerprint density at radius 3 is 2.60 bits per heavy atom. The van der Waals surface area contributed by atoms with Crippen LogP contribution in [0.15, 0.2) is 45.5 Å². The van der Waals surface area contributed by atoms with E-state index in [1.807, 2.05) is 18.4 Å². The monoisotopic (exact) mass is 344 g/mol. The van der Waals surface area contributed by atoms with Crippen molar-refractivity contribution >= 4 is 56.0 Å². The minimum absolute atomic E-state index is 0.191. The van der Waals surface area contributed by atoms with Gasteiger partial charge in [0.2, 0.25) is 0 Å². The molecule has 106 valence electrons. The van der Waals surface area contributed by atoms with Gasteiger partial charge in [-0.05, 0) is 30.5 Å². The normalized spacial score (nSPS) is 11.2. The Bertz CT molecular complexity index is 737. The van der Waals surface area contributed by atoms with E-state index in [-0.39, 0.29) is 9.20 Å². The van der Waals surface area contributed by atoms with Crippen molar-refractivity contribution in [2.24, 2.45) is 5.73 Å². The molecule has 0 aliphatic heterocycles. The Morgan fingerprint density at radius 1 is 1.30 bits per heavy atom. The number of thiocarbonyl (C=S) groups is 1. The molecule has 20 heavy (non-hydrogen) atoms. The third-order valence-corrected chi connectivity index (χ3v) is 6.56. The average molecular weight is 345 g/mol. The number of sulfonamides is 1. The molecule has 4 nitrogen and oxygen atoms in total. The summed E-state index contributed by atoms with van der Waals surface area (Å²) in [5.41, 5.74) is 6.05. The van der Waals surface area contributed by atoms with Gasteiger partial charge in [0.15, 0.2) is 0 Å². The minimum Gasteiger partial charge on any atom is -0.389 e. The number of thiophene rings is 1. The van der Waals surface area contributed by atoms with Gasteiger partial charge in [-0.3, -0.25) is 4.72 Å². The third kappa shape index (κ3) is 3.32. The smallest absolute Gasteiger partial charge is 0.271 e. The maximum Gasteiger partial charge on any atom is 0.271 e. The summed E-state index contributed by atoms with van der Waals surface area (Å²) in [6, 6.07) is 10.3. The number of hydrogen-bond donors (Lipinski definition) is 2. The first-order chi connectivity index (χ1) is 9.44. The van der Waals surface area contributed by atoms with Crippen molar-refractivity contribution in [3.8, 4) is 0 Å². The summed E-state index contributed by atoms with van der Waals surface area (Å²) >= 11 is 7.37. The van der Waals surface area contributed by atoms with Crippen LogP contribution in [0.1, 0.15) is 4.88 Å². The largest absolute Gasteiger partial charge is 0.389 e. The summed E-state index contributed by atoms with van der Waals surface area (Å²) in [5, 5.41) is 0. The summed E-state index contributed by atoms with van der Waals surface area (Å²) in [6.45, 7) is 0. The number of nitrogens with one attached hydrogen (secondary N) is 1. The quantitative estimate of drug-likeness (QED) is 0.644. The Morgan fingerprint density at radius 2 is 2.00 bits per heavy atom. The molecule has 0 radical (unpaired) electrons. The van der Waals surface area contributed by atoms with E-state index >= 15 is 0 Å². The summed E-state index contributed by atoms with van der Waals surface area (Å²) < 4.78 is 27.4. The lowest BCUT2D eigenvalue weighted by Crippen LogP contribution is -2.12. The fraction of sp³-hybridized carbons (Fsp3) is 0.0833. The molecule has 0 saturated carbocycles. The zero-order chi connectivity index (χ0) is 14.8. The van der Waals surface area contributed by atoms with Crippen molar-refractivity contribution in [2.75, 3.05) is 11.0 Å². The van der Waals surface area contributed by atoms with E-state index in [1.165, 1.54) is 17.8 Å². The van der Waals surface area contributed by atoms with Gasteiger partial charge in [-0.1, -0.05) is 24.4 Å². The van der Waals surface area contributed by atoms with Crippen LogP contribution in [-0.2, 0) is 10.0 Å². The highest BCUT2D eigenvalue weighted by atomic mass is 32.2. The molecule has 0 unspecified atom stereocenters. The summed E-state index contributed by atoms with van der Waals surface area (Å²) in [4.78, 5) is 1.64. The molecule has 1 heterocycles. The molecule has 0 amide bonds. The molecule has 1 aromatic carbocycles. The highest BCUT2D eigenvalue weighted by molar-refractivity contribution is 7.99. The first kappa shape index (κ1) is 15.3. The van der Waals surface area contributed by atoms with E-state index in [0.29, 0.717) is 10.6 Å². The standard InChI is InChI=1S/C12H12N2O2S4/c1-18-9-5-3-2-4-8(9)14-20(15,16)11-7-6-10(19-11)12(13)17/h2-7,14H,1H3,(H2,13,17). The molecule has 2 rings (SSSR count). The van der Waals surface area contributed by atoms with Gasteiger partial charge in [-0.25, -0.2) is 8.42 Å². The highest BCUT2D eigenvalue weighted by Gasteiger charge is 2.18. The zero-order valence-electron chi connectivity index (χ0n) is 10.5. The second-order valence-electron chi connectivity index (χ2n) is 3.79. The van der Waals surface area contributed by atoms with Crippen LogP contribution in [0.4, 0.5) is 5.69 Å². The van der Waals surface area contributed by atoms with Crippen molar-refractivity contribution < 1.29 is 8.42 Å².